The fourth-order valence-corrected chi connectivity index (χ4v) is 4.68. The van der Waals surface area contributed by atoms with E-state index in [9.17, 15) is 9.59 Å². The number of fused-ring (bicyclic) bond motifs is 2. The first-order chi connectivity index (χ1) is 14.7. The lowest BCUT2D eigenvalue weighted by molar-refractivity contribution is -0.883. The maximum Gasteiger partial charge on any atom is 0.282 e. The second-order valence-corrected chi connectivity index (χ2v) is 8.41. The van der Waals surface area contributed by atoms with Gasteiger partial charge in [-0.2, -0.15) is 0 Å². The van der Waals surface area contributed by atoms with Crippen molar-refractivity contribution >= 4 is 23.2 Å². The summed E-state index contributed by atoms with van der Waals surface area (Å²) in [5.74, 6) is 0.252. The summed E-state index contributed by atoms with van der Waals surface area (Å²) in [7, 11) is 0. The number of rotatable bonds is 8. The Kier molecular flexibility index (Phi) is 6.48. The van der Waals surface area contributed by atoms with E-state index >= 15 is 0 Å². The summed E-state index contributed by atoms with van der Waals surface area (Å²) in [6.45, 7) is 5.27. The van der Waals surface area contributed by atoms with E-state index in [1.807, 2.05) is 46.2 Å². The van der Waals surface area contributed by atoms with E-state index < -0.39 is 0 Å². The van der Waals surface area contributed by atoms with Crippen molar-refractivity contribution in [2.24, 2.45) is 0 Å². The second-order valence-electron chi connectivity index (χ2n) is 8.41. The number of unbranched alkanes of at least 4 members (excludes halogenated alkanes) is 2. The molecular formula is C25H32N3O2+. The number of benzene rings is 2. The molecule has 0 aromatic heterocycles. The van der Waals surface area contributed by atoms with E-state index in [-0.39, 0.29) is 11.8 Å². The largest absolute Gasteiger partial charge is 0.319 e. The number of hydrogen-bond donors (Lipinski definition) is 1. The van der Waals surface area contributed by atoms with Crippen molar-refractivity contribution in [2.45, 2.75) is 39.0 Å². The quantitative estimate of drug-likeness (QED) is 0.684. The molecule has 0 unspecified atom stereocenters. The lowest BCUT2D eigenvalue weighted by atomic mass is 10.2. The minimum Gasteiger partial charge on any atom is -0.319 e. The Morgan fingerprint density at radius 3 is 1.80 bits per heavy atom. The SMILES string of the molecule is CCCCC[NH+](CC(=O)N1CCc2ccccc21)CC(=O)N1CCc2ccccc21. The summed E-state index contributed by atoms with van der Waals surface area (Å²) < 4.78 is 0. The normalized spacial score (nSPS) is 14.9. The molecule has 2 heterocycles. The number of quaternary nitrogens is 1. The van der Waals surface area contributed by atoms with Crippen molar-refractivity contribution in [3.8, 4) is 0 Å². The van der Waals surface area contributed by atoms with Crippen LogP contribution in [0.25, 0.3) is 0 Å². The standard InChI is InChI=1S/C25H31N3O2/c1-2-3-8-15-26(18-24(29)27-16-13-20-9-4-6-11-22(20)27)19-25(30)28-17-14-21-10-5-7-12-23(21)28/h4-7,9-12H,2-3,8,13-19H2,1H3/p+1. The number of nitrogens with one attached hydrogen (secondary N) is 1. The fraction of sp³-hybridized carbons (Fsp3) is 0.440. The van der Waals surface area contributed by atoms with Gasteiger partial charge in [-0.05, 0) is 48.9 Å². The molecule has 2 aliphatic rings. The number of carbonyl (C=O) groups is 2. The zero-order valence-corrected chi connectivity index (χ0v) is 17.9. The maximum absolute atomic E-state index is 13.1. The predicted molar refractivity (Wildman–Crippen MR) is 120 cm³/mol. The first kappa shape index (κ1) is 20.6. The zero-order chi connectivity index (χ0) is 20.9. The van der Waals surface area contributed by atoms with E-state index in [2.05, 4.69) is 19.1 Å². The van der Waals surface area contributed by atoms with Gasteiger partial charge in [-0.3, -0.25) is 9.59 Å². The monoisotopic (exact) mass is 406 g/mol. The van der Waals surface area contributed by atoms with Gasteiger partial charge in [0.25, 0.3) is 11.8 Å². The van der Waals surface area contributed by atoms with Crippen LogP contribution in [-0.4, -0.2) is 44.5 Å². The van der Waals surface area contributed by atoms with Crippen molar-refractivity contribution in [3.05, 3.63) is 59.7 Å². The Labute approximate surface area is 179 Å². The van der Waals surface area contributed by atoms with Crippen LogP contribution in [0.3, 0.4) is 0 Å². The van der Waals surface area contributed by atoms with Crippen LogP contribution >= 0.6 is 0 Å². The van der Waals surface area contributed by atoms with E-state index in [1.165, 1.54) is 11.1 Å². The Balaban J connectivity index is 1.43. The molecule has 0 atom stereocenters. The van der Waals surface area contributed by atoms with Crippen LogP contribution in [0.5, 0.6) is 0 Å². The van der Waals surface area contributed by atoms with Crippen molar-refractivity contribution in [1.82, 2.24) is 0 Å². The average molecular weight is 407 g/mol. The topological polar surface area (TPSA) is 45.1 Å². The van der Waals surface area contributed by atoms with Gasteiger partial charge in [0.1, 0.15) is 0 Å². The smallest absolute Gasteiger partial charge is 0.282 e. The summed E-state index contributed by atoms with van der Waals surface area (Å²) in [5, 5.41) is 0. The molecule has 0 radical (unpaired) electrons. The van der Waals surface area contributed by atoms with Crippen LogP contribution in [0.4, 0.5) is 11.4 Å². The Morgan fingerprint density at radius 1 is 0.800 bits per heavy atom. The molecule has 0 fully saturated rings. The molecule has 1 N–H and O–H groups in total. The number of amides is 2. The highest BCUT2D eigenvalue weighted by Gasteiger charge is 2.30. The molecule has 30 heavy (non-hydrogen) atoms. The molecule has 2 aliphatic heterocycles. The van der Waals surface area contributed by atoms with Gasteiger partial charge in [0.2, 0.25) is 0 Å². The van der Waals surface area contributed by atoms with Crippen molar-refractivity contribution < 1.29 is 14.5 Å². The van der Waals surface area contributed by atoms with E-state index in [4.69, 9.17) is 0 Å². The van der Waals surface area contributed by atoms with Gasteiger partial charge in [-0.1, -0.05) is 49.7 Å². The highest BCUT2D eigenvalue weighted by atomic mass is 16.2. The molecule has 2 amide bonds. The minimum atomic E-state index is 0.126. The van der Waals surface area contributed by atoms with Gasteiger partial charge in [0.05, 0.1) is 6.54 Å². The van der Waals surface area contributed by atoms with E-state index in [0.717, 1.165) is 68.0 Å². The lowest BCUT2D eigenvalue weighted by Crippen LogP contribution is -3.14. The van der Waals surface area contributed by atoms with Crippen LogP contribution in [0.2, 0.25) is 0 Å². The van der Waals surface area contributed by atoms with Crippen LogP contribution in [0.1, 0.15) is 37.3 Å². The van der Waals surface area contributed by atoms with Crippen LogP contribution in [0, 0.1) is 0 Å². The number of anilines is 2. The van der Waals surface area contributed by atoms with Gasteiger partial charge < -0.3 is 14.7 Å². The molecule has 0 saturated carbocycles. The molecule has 2 aromatic rings. The fourth-order valence-electron chi connectivity index (χ4n) is 4.68. The molecule has 0 spiro atoms. The molecule has 0 aliphatic carbocycles. The third-order valence-electron chi connectivity index (χ3n) is 6.31. The molecule has 0 saturated heterocycles. The van der Waals surface area contributed by atoms with Crippen LogP contribution in [0.15, 0.2) is 48.5 Å². The summed E-state index contributed by atoms with van der Waals surface area (Å²) in [6, 6.07) is 16.3. The zero-order valence-electron chi connectivity index (χ0n) is 17.9. The molecule has 158 valence electrons. The number of carbonyl (C=O) groups excluding carboxylic acids is 2. The first-order valence-electron chi connectivity index (χ1n) is 11.3. The number of hydrogen-bond acceptors (Lipinski definition) is 2. The third kappa shape index (κ3) is 4.41. The Bertz CT molecular complexity index is 841. The Morgan fingerprint density at radius 2 is 1.30 bits per heavy atom. The van der Waals surface area contributed by atoms with Gasteiger partial charge in [0, 0.05) is 24.5 Å². The minimum absolute atomic E-state index is 0.126. The van der Waals surface area contributed by atoms with Gasteiger partial charge in [-0.15, -0.1) is 0 Å². The summed E-state index contributed by atoms with van der Waals surface area (Å²) in [5.41, 5.74) is 4.55. The van der Waals surface area contributed by atoms with Crippen LogP contribution in [-0.2, 0) is 22.4 Å². The predicted octanol–water partition coefficient (Wildman–Crippen LogP) is 2.24. The molecular weight excluding hydrogens is 374 g/mol. The van der Waals surface area contributed by atoms with Gasteiger partial charge >= 0.3 is 0 Å². The molecule has 5 heteroatoms. The molecule has 0 bridgehead atoms. The number of para-hydroxylation sites is 2. The van der Waals surface area contributed by atoms with Crippen molar-refractivity contribution in [1.29, 1.82) is 0 Å². The maximum atomic E-state index is 13.1. The number of nitrogens with zero attached hydrogens (tertiary/aromatic N) is 2. The highest BCUT2D eigenvalue weighted by Crippen LogP contribution is 2.28. The van der Waals surface area contributed by atoms with Gasteiger partial charge in [0.15, 0.2) is 13.1 Å². The highest BCUT2D eigenvalue weighted by molar-refractivity contribution is 5.97. The summed E-state index contributed by atoms with van der Waals surface area (Å²) >= 11 is 0. The molecule has 2 aromatic carbocycles. The first-order valence-corrected chi connectivity index (χ1v) is 11.3. The van der Waals surface area contributed by atoms with Crippen molar-refractivity contribution in [2.75, 3.05) is 42.5 Å². The van der Waals surface area contributed by atoms with Crippen LogP contribution < -0.4 is 14.7 Å². The summed E-state index contributed by atoms with van der Waals surface area (Å²) in [6.07, 6.45) is 5.13. The second kappa shape index (κ2) is 9.43. The molecule has 5 nitrogen and oxygen atoms in total. The lowest BCUT2D eigenvalue weighted by Gasteiger charge is -2.25. The Hall–Kier alpha value is -2.66. The molecule has 4 rings (SSSR count). The third-order valence-corrected chi connectivity index (χ3v) is 6.31. The average Bonchev–Trinajstić information content (AvgIpc) is 3.38. The van der Waals surface area contributed by atoms with E-state index in [1.54, 1.807) is 0 Å². The van der Waals surface area contributed by atoms with Crippen molar-refractivity contribution in [3.63, 3.8) is 0 Å². The van der Waals surface area contributed by atoms with E-state index in [0.29, 0.717) is 13.1 Å². The van der Waals surface area contributed by atoms with Gasteiger partial charge in [-0.25, -0.2) is 0 Å². The summed E-state index contributed by atoms with van der Waals surface area (Å²) in [4.78, 5) is 31.2.